The van der Waals surface area contributed by atoms with Gasteiger partial charge in [-0.25, -0.2) is 0 Å². The maximum atomic E-state index is 12.2. The van der Waals surface area contributed by atoms with Gasteiger partial charge in [-0.2, -0.15) is 0 Å². The molecule has 3 N–H and O–H groups in total. The number of thiocarbonyl (C=S) groups is 1. The summed E-state index contributed by atoms with van der Waals surface area (Å²) in [5.74, 6) is 0.312. The van der Waals surface area contributed by atoms with Gasteiger partial charge in [0.25, 0.3) is 5.91 Å². The Labute approximate surface area is 141 Å². The van der Waals surface area contributed by atoms with Crippen molar-refractivity contribution < 1.29 is 9.53 Å². The standard InChI is InChI=1S/C15H13IN2O2S/c1-20-13-8-10(14(17)21)4-7-12(13)18-15(19)9-2-5-11(16)6-3-9/h2-8H,1H3,(H2,17,21)(H,18,19). The molecule has 0 atom stereocenters. The summed E-state index contributed by atoms with van der Waals surface area (Å²) in [6.45, 7) is 0. The number of amides is 1. The number of hydrogen-bond acceptors (Lipinski definition) is 3. The molecule has 2 aromatic rings. The fourth-order valence-corrected chi connectivity index (χ4v) is 2.23. The molecule has 108 valence electrons. The summed E-state index contributed by atoms with van der Waals surface area (Å²) in [5.41, 5.74) is 7.42. The first-order valence-corrected chi connectivity index (χ1v) is 7.54. The van der Waals surface area contributed by atoms with Crippen LogP contribution in [-0.4, -0.2) is 18.0 Å². The molecule has 0 bridgehead atoms. The molecule has 0 unspecified atom stereocenters. The quantitative estimate of drug-likeness (QED) is 0.598. The Balaban J connectivity index is 2.24. The van der Waals surface area contributed by atoms with Crippen LogP contribution in [0.2, 0.25) is 0 Å². The van der Waals surface area contributed by atoms with E-state index in [4.69, 9.17) is 22.7 Å². The van der Waals surface area contributed by atoms with Gasteiger partial charge in [-0.1, -0.05) is 12.2 Å². The van der Waals surface area contributed by atoms with Crippen LogP contribution in [0.1, 0.15) is 15.9 Å². The van der Waals surface area contributed by atoms with E-state index in [2.05, 4.69) is 27.9 Å². The van der Waals surface area contributed by atoms with Gasteiger partial charge >= 0.3 is 0 Å². The normalized spacial score (nSPS) is 10.0. The van der Waals surface area contributed by atoms with Crippen molar-refractivity contribution in [3.63, 3.8) is 0 Å². The molecule has 0 heterocycles. The molecule has 0 aliphatic carbocycles. The van der Waals surface area contributed by atoms with E-state index in [0.29, 0.717) is 22.6 Å². The number of nitrogens with two attached hydrogens (primary N) is 1. The summed E-state index contributed by atoms with van der Waals surface area (Å²) < 4.78 is 6.33. The van der Waals surface area contributed by atoms with Gasteiger partial charge in [-0.05, 0) is 65.1 Å². The van der Waals surface area contributed by atoms with Crippen molar-refractivity contribution >= 4 is 51.4 Å². The first kappa shape index (κ1) is 15.7. The molecule has 0 aliphatic rings. The second kappa shape index (κ2) is 6.86. The zero-order chi connectivity index (χ0) is 15.4. The molecule has 0 fully saturated rings. The SMILES string of the molecule is COc1cc(C(N)=S)ccc1NC(=O)c1ccc(I)cc1. The third-order valence-electron chi connectivity index (χ3n) is 2.84. The van der Waals surface area contributed by atoms with E-state index in [9.17, 15) is 4.79 Å². The van der Waals surface area contributed by atoms with Gasteiger partial charge in [0, 0.05) is 14.7 Å². The first-order valence-electron chi connectivity index (χ1n) is 6.06. The summed E-state index contributed by atoms with van der Waals surface area (Å²) in [6.07, 6.45) is 0. The fraction of sp³-hybridized carbons (Fsp3) is 0.0667. The van der Waals surface area contributed by atoms with Crippen LogP contribution < -0.4 is 15.8 Å². The summed E-state index contributed by atoms with van der Waals surface area (Å²) in [7, 11) is 1.53. The van der Waals surface area contributed by atoms with Crippen LogP contribution in [0.3, 0.4) is 0 Å². The number of carbonyl (C=O) groups excluding carboxylic acids is 1. The molecule has 0 aromatic heterocycles. The van der Waals surface area contributed by atoms with Gasteiger partial charge in [0.1, 0.15) is 10.7 Å². The Morgan fingerprint density at radius 2 is 1.81 bits per heavy atom. The third kappa shape index (κ3) is 3.92. The molecule has 0 saturated carbocycles. The molecule has 1 amide bonds. The van der Waals surface area contributed by atoms with E-state index < -0.39 is 0 Å². The number of anilines is 1. The van der Waals surface area contributed by atoms with Crippen molar-refractivity contribution in [1.29, 1.82) is 0 Å². The molecule has 0 aliphatic heterocycles. The average Bonchev–Trinajstić information content (AvgIpc) is 2.48. The van der Waals surface area contributed by atoms with Crippen molar-refractivity contribution in [2.45, 2.75) is 0 Å². The lowest BCUT2D eigenvalue weighted by atomic mass is 10.1. The lowest BCUT2D eigenvalue weighted by Gasteiger charge is -2.11. The number of carbonyl (C=O) groups is 1. The molecule has 6 heteroatoms. The Morgan fingerprint density at radius 1 is 1.19 bits per heavy atom. The van der Waals surface area contributed by atoms with E-state index in [1.807, 2.05) is 12.1 Å². The number of halogens is 1. The lowest BCUT2D eigenvalue weighted by Crippen LogP contribution is -2.14. The maximum Gasteiger partial charge on any atom is 0.255 e. The molecule has 2 rings (SSSR count). The Bertz CT molecular complexity index is 687. The Kier molecular flexibility index (Phi) is 5.13. The number of rotatable bonds is 4. The van der Waals surface area contributed by atoms with E-state index in [-0.39, 0.29) is 10.9 Å². The van der Waals surface area contributed by atoms with E-state index in [0.717, 1.165) is 3.57 Å². The van der Waals surface area contributed by atoms with Crippen LogP contribution in [0.25, 0.3) is 0 Å². The molecule has 0 spiro atoms. The predicted octanol–water partition coefficient (Wildman–Crippen LogP) is 3.19. The summed E-state index contributed by atoms with van der Waals surface area (Å²) in [6, 6.07) is 12.5. The zero-order valence-electron chi connectivity index (χ0n) is 11.2. The van der Waals surface area contributed by atoms with Crippen LogP contribution in [0.4, 0.5) is 5.69 Å². The van der Waals surface area contributed by atoms with E-state index in [1.165, 1.54) is 7.11 Å². The van der Waals surface area contributed by atoms with Gasteiger partial charge in [-0.3, -0.25) is 4.79 Å². The van der Waals surface area contributed by atoms with E-state index in [1.54, 1.807) is 30.3 Å². The fourth-order valence-electron chi connectivity index (χ4n) is 1.74. The highest BCUT2D eigenvalue weighted by Gasteiger charge is 2.11. The smallest absolute Gasteiger partial charge is 0.255 e. The third-order valence-corrected chi connectivity index (χ3v) is 3.80. The molecule has 0 radical (unpaired) electrons. The van der Waals surface area contributed by atoms with Crippen LogP contribution in [-0.2, 0) is 0 Å². The average molecular weight is 412 g/mol. The predicted molar refractivity (Wildman–Crippen MR) is 96.0 cm³/mol. The van der Waals surface area contributed by atoms with E-state index >= 15 is 0 Å². The minimum Gasteiger partial charge on any atom is -0.495 e. The largest absolute Gasteiger partial charge is 0.495 e. The topological polar surface area (TPSA) is 64.3 Å². The number of nitrogens with one attached hydrogen (secondary N) is 1. The lowest BCUT2D eigenvalue weighted by molar-refractivity contribution is 0.102. The minimum atomic E-state index is -0.201. The molecular formula is C15H13IN2O2S. The second-order valence-electron chi connectivity index (χ2n) is 4.24. The Hall–Kier alpha value is -1.67. The van der Waals surface area contributed by atoms with Crippen molar-refractivity contribution in [3.05, 3.63) is 57.2 Å². The van der Waals surface area contributed by atoms with Gasteiger partial charge in [0.2, 0.25) is 0 Å². The highest BCUT2D eigenvalue weighted by molar-refractivity contribution is 14.1. The van der Waals surface area contributed by atoms with Crippen molar-refractivity contribution in [1.82, 2.24) is 0 Å². The van der Waals surface area contributed by atoms with Crippen molar-refractivity contribution in [2.24, 2.45) is 5.73 Å². The molecular weight excluding hydrogens is 399 g/mol. The van der Waals surface area contributed by atoms with Crippen LogP contribution in [0, 0.1) is 3.57 Å². The molecule has 4 nitrogen and oxygen atoms in total. The van der Waals surface area contributed by atoms with Crippen LogP contribution in [0.5, 0.6) is 5.75 Å². The molecule has 21 heavy (non-hydrogen) atoms. The number of benzene rings is 2. The number of methoxy groups -OCH3 is 1. The summed E-state index contributed by atoms with van der Waals surface area (Å²) in [4.78, 5) is 12.5. The first-order chi connectivity index (χ1) is 10.0. The summed E-state index contributed by atoms with van der Waals surface area (Å²) in [5, 5.41) is 2.81. The highest BCUT2D eigenvalue weighted by Crippen LogP contribution is 2.26. The van der Waals surface area contributed by atoms with Crippen LogP contribution >= 0.6 is 34.8 Å². The Morgan fingerprint density at radius 3 is 2.38 bits per heavy atom. The summed E-state index contributed by atoms with van der Waals surface area (Å²) >= 11 is 7.11. The second-order valence-corrected chi connectivity index (χ2v) is 5.93. The minimum absolute atomic E-state index is 0.201. The van der Waals surface area contributed by atoms with Gasteiger partial charge in [-0.15, -0.1) is 0 Å². The number of ether oxygens (including phenoxy) is 1. The van der Waals surface area contributed by atoms with Crippen molar-refractivity contribution in [3.8, 4) is 5.75 Å². The number of hydrogen-bond donors (Lipinski definition) is 2. The highest BCUT2D eigenvalue weighted by atomic mass is 127. The van der Waals surface area contributed by atoms with Gasteiger partial charge in [0.05, 0.1) is 12.8 Å². The monoisotopic (exact) mass is 412 g/mol. The van der Waals surface area contributed by atoms with Gasteiger partial charge < -0.3 is 15.8 Å². The van der Waals surface area contributed by atoms with Gasteiger partial charge in [0.15, 0.2) is 0 Å². The zero-order valence-corrected chi connectivity index (χ0v) is 14.2. The molecule has 0 saturated heterocycles. The van der Waals surface area contributed by atoms with Crippen LogP contribution in [0.15, 0.2) is 42.5 Å². The maximum absolute atomic E-state index is 12.2. The van der Waals surface area contributed by atoms with Crippen molar-refractivity contribution in [2.75, 3.05) is 12.4 Å². The molecule has 2 aromatic carbocycles.